The van der Waals surface area contributed by atoms with Gasteiger partial charge in [0.25, 0.3) is 0 Å². The van der Waals surface area contributed by atoms with Crippen LogP contribution in [0.1, 0.15) is 12.8 Å². The molecule has 3 nitrogen and oxygen atoms in total. The molecular weight excluding hydrogens is 297 g/mol. The van der Waals surface area contributed by atoms with Crippen molar-refractivity contribution in [3.63, 3.8) is 0 Å². The Balaban J connectivity index is 1.50. The topological polar surface area (TPSA) is 38.3 Å². The molecule has 0 unspecified atom stereocenters. The van der Waals surface area contributed by atoms with E-state index in [0.717, 1.165) is 6.42 Å². The molecule has 3 atom stereocenters. The predicted molar refractivity (Wildman–Crippen MR) is 80.3 cm³/mol. The van der Waals surface area contributed by atoms with Crippen molar-refractivity contribution in [1.29, 1.82) is 0 Å². The highest BCUT2D eigenvalue weighted by Crippen LogP contribution is 2.43. The molecule has 2 aliphatic rings. The van der Waals surface area contributed by atoms with Gasteiger partial charge in [0.05, 0.1) is 16.7 Å². The highest BCUT2D eigenvalue weighted by molar-refractivity contribution is 6.42. The van der Waals surface area contributed by atoms with Gasteiger partial charge in [-0.15, -0.1) is 0 Å². The first-order chi connectivity index (χ1) is 9.61. The molecule has 2 aliphatic carbocycles. The maximum Gasteiger partial charge on any atom is 0.411 e. The van der Waals surface area contributed by atoms with Crippen LogP contribution >= 0.6 is 23.2 Å². The first-order valence-corrected chi connectivity index (χ1v) is 7.44. The van der Waals surface area contributed by atoms with Crippen molar-refractivity contribution in [2.75, 3.05) is 11.9 Å². The number of hydrogen-bond donors (Lipinski definition) is 1. The molecule has 5 heteroatoms. The number of ether oxygens (including phenoxy) is 1. The normalized spacial score (nSPS) is 26.8. The molecule has 0 radical (unpaired) electrons. The number of allylic oxidation sites excluding steroid dienone is 2. The second kappa shape index (κ2) is 5.66. The summed E-state index contributed by atoms with van der Waals surface area (Å²) in [6, 6.07) is 4.93. The number of nitrogens with one attached hydrogen (secondary N) is 1. The van der Waals surface area contributed by atoms with Gasteiger partial charge in [0, 0.05) is 11.6 Å². The van der Waals surface area contributed by atoms with E-state index in [1.807, 2.05) is 0 Å². The van der Waals surface area contributed by atoms with Crippen LogP contribution in [0, 0.1) is 17.8 Å². The Bertz CT molecular complexity index is 559. The standard InChI is InChI=1S/C15H15Cl2NO2/c16-13-4-3-12(7-14(13)17)18-15(19)20-8-11-6-9-1-2-10(11)5-9/h1-4,7,9-11H,5-6,8H2,(H,18,19)/t9-,10+,11-/m1/s1. The van der Waals surface area contributed by atoms with E-state index in [9.17, 15) is 4.79 Å². The zero-order valence-electron chi connectivity index (χ0n) is 10.8. The summed E-state index contributed by atoms with van der Waals surface area (Å²) in [6.45, 7) is 0.471. The van der Waals surface area contributed by atoms with Crippen LogP contribution in [-0.4, -0.2) is 12.7 Å². The van der Waals surface area contributed by atoms with Crippen molar-refractivity contribution < 1.29 is 9.53 Å². The molecule has 0 spiro atoms. The van der Waals surface area contributed by atoms with E-state index >= 15 is 0 Å². The van der Waals surface area contributed by atoms with Gasteiger partial charge in [-0.1, -0.05) is 35.4 Å². The minimum absolute atomic E-state index is 0.405. The van der Waals surface area contributed by atoms with Gasteiger partial charge >= 0.3 is 6.09 Å². The Kier molecular flexibility index (Phi) is 3.90. The highest BCUT2D eigenvalue weighted by Gasteiger charge is 2.36. The fourth-order valence-electron chi connectivity index (χ4n) is 3.00. The van der Waals surface area contributed by atoms with Gasteiger partial charge in [0.1, 0.15) is 0 Å². The lowest BCUT2D eigenvalue weighted by Gasteiger charge is -2.17. The molecule has 1 saturated carbocycles. The van der Waals surface area contributed by atoms with Crippen LogP contribution in [0.4, 0.5) is 10.5 Å². The van der Waals surface area contributed by atoms with Crippen molar-refractivity contribution in [3.05, 3.63) is 40.4 Å². The van der Waals surface area contributed by atoms with Crippen molar-refractivity contribution >= 4 is 35.0 Å². The maximum atomic E-state index is 11.7. The van der Waals surface area contributed by atoms with E-state index in [1.54, 1.807) is 18.2 Å². The minimum Gasteiger partial charge on any atom is -0.449 e. The zero-order valence-corrected chi connectivity index (χ0v) is 12.3. The van der Waals surface area contributed by atoms with E-state index in [0.29, 0.717) is 40.1 Å². The molecule has 1 N–H and O–H groups in total. The molecule has 1 aromatic carbocycles. The summed E-state index contributed by atoms with van der Waals surface area (Å²) in [5.74, 6) is 1.73. The number of fused-ring (bicyclic) bond motifs is 2. The van der Waals surface area contributed by atoms with Crippen LogP contribution in [0.15, 0.2) is 30.4 Å². The summed E-state index contributed by atoms with van der Waals surface area (Å²) >= 11 is 11.7. The average molecular weight is 312 g/mol. The maximum absolute atomic E-state index is 11.7. The third kappa shape index (κ3) is 2.94. The molecule has 1 amide bonds. The Morgan fingerprint density at radius 1 is 1.25 bits per heavy atom. The summed E-state index contributed by atoms with van der Waals surface area (Å²) in [7, 11) is 0. The van der Waals surface area contributed by atoms with Gasteiger partial charge in [0.2, 0.25) is 0 Å². The molecule has 0 aliphatic heterocycles. The number of hydrogen-bond acceptors (Lipinski definition) is 2. The van der Waals surface area contributed by atoms with Crippen LogP contribution in [0.2, 0.25) is 10.0 Å². The number of carbonyl (C=O) groups excluding carboxylic acids is 1. The Hall–Kier alpha value is -1.19. The number of carbonyl (C=O) groups is 1. The van der Waals surface area contributed by atoms with Crippen LogP contribution in [0.5, 0.6) is 0 Å². The van der Waals surface area contributed by atoms with E-state index in [-0.39, 0.29) is 0 Å². The highest BCUT2D eigenvalue weighted by atomic mass is 35.5. The van der Waals surface area contributed by atoms with Crippen LogP contribution < -0.4 is 5.32 Å². The van der Waals surface area contributed by atoms with Crippen molar-refractivity contribution in [1.82, 2.24) is 0 Å². The van der Waals surface area contributed by atoms with Gasteiger partial charge in [0.15, 0.2) is 0 Å². The first-order valence-electron chi connectivity index (χ1n) is 6.69. The van der Waals surface area contributed by atoms with Gasteiger partial charge in [-0.25, -0.2) is 4.79 Å². The number of anilines is 1. The molecule has 0 saturated heterocycles. The van der Waals surface area contributed by atoms with Crippen molar-refractivity contribution in [3.8, 4) is 0 Å². The van der Waals surface area contributed by atoms with Crippen LogP contribution in [0.3, 0.4) is 0 Å². The molecule has 3 rings (SSSR count). The summed E-state index contributed by atoms with van der Waals surface area (Å²) < 4.78 is 5.29. The number of benzene rings is 1. The monoisotopic (exact) mass is 311 g/mol. The van der Waals surface area contributed by atoms with E-state index in [2.05, 4.69) is 17.5 Å². The fraction of sp³-hybridized carbons (Fsp3) is 0.400. The smallest absolute Gasteiger partial charge is 0.411 e. The number of rotatable bonds is 3. The Labute approximate surface area is 127 Å². The van der Waals surface area contributed by atoms with Crippen molar-refractivity contribution in [2.45, 2.75) is 12.8 Å². The summed E-state index contributed by atoms with van der Waals surface area (Å²) in [5.41, 5.74) is 0.581. The minimum atomic E-state index is -0.449. The van der Waals surface area contributed by atoms with E-state index < -0.39 is 6.09 Å². The first kappa shape index (κ1) is 13.8. The predicted octanol–water partition coefficient (Wildman–Crippen LogP) is 4.75. The van der Waals surface area contributed by atoms with E-state index in [4.69, 9.17) is 27.9 Å². The molecule has 2 bridgehead atoms. The average Bonchev–Trinajstić information content (AvgIpc) is 3.03. The molecule has 0 heterocycles. The van der Waals surface area contributed by atoms with Gasteiger partial charge < -0.3 is 4.74 Å². The van der Waals surface area contributed by atoms with Crippen LogP contribution in [0.25, 0.3) is 0 Å². The second-order valence-electron chi connectivity index (χ2n) is 5.39. The van der Waals surface area contributed by atoms with Crippen molar-refractivity contribution in [2.24, 2.45) is 17.8 Å². The third-order valence-corrected chi connectivity index (χ3v) is 4.75. The quantitative estimate of drug-likeness (QED) is 0.818. The second-order valence-corrected chi connectivity index (χ2v) is 6.21. The third-order valence-electron chi connectivity index (χ3n) is 4.01. The molecular formula is C15H15Cl2NO2. The van der Waals surface area contributed by atoms with Gasteiger partial charge in [-0.2, -0.15) is 0 Å². The lowest BCUT2D eigenvalue weighted by molar-refractivity contribution is 0.134. The van der Waals surface area contributed by atoms with E-state index in [1.165, 1.54) is 6.42 Å². The largest absolute Gasteiger partial charge is 0.449 e. The van der Waals surface area contributed by atoms with Gasteiger partial charge in [-0.3, -0.25) is 5.32 Å². The summed E-state index contributed by atoms with van der Waals surface area (Å²) in [6.07, 6.45) is 6.41. The van der Waals surface area contributed by atoms with Crippen LogP contribution in [-0.2, 0) is 4.74 Å². The molecule has 1 fully saturated rings. The zero-order chi connectivity index (χ0) is 14.1. The number of halogens is 2. The lowest BCUT2D eigenvalue weighted by atomic mass is 9.95. The number of amides is 1. The summed E-state index contributed by atoms with van der Waals surface area (Å²) in [5, 5.41) is 3.52. The molecule has 1 aromatic rings. The Morgan fingerprint density at radius 2 is 2.10 bits per heavy atom. The fourth-order valence-corrected chi connectivity index (χ4v) is 3.29. The SMILES string of the molecule is O=C(Nc1ccc(Cl)c(Cl)c1)OC[C@H]1C[C@@H]2C=C[C@H]1C2. The molecule has 20 heavy (non-hydrogen) atoms. The molecule has 0 aromatic heterocycles. The van der Waals surface area contributed by atoms with Gasteiger partial charge in [-0.05, 0) is 42.9 Å². The lowest BCUT2D eigenvalue weighted by Crippen LogP contribution is -2.21. The molecule has 106 valence electrons. The Morgan fingerprint density at radius 3 is 2.75 bits per heavy atom. The summed E-state index contributed by atoms with van der Waals surface area (Å²) in [4.78, 5) is 11.7.